The van der Waals surface area contributed by atoms with Crippen LogP contribution in [0.3, 0.4) is 0 Å². The topological polar surface area (TPSA) is 102 Å². The number of hydrogen-bond acceptors (Lipinski definition) is 5. The van der Waals surface area contributed by atoms with Crippen molar-refractivity contribution in [3.05, 3.63) is 59.4 Å². The highest BCUT2D eigenvalue weighted by Crippen LogP contribution is 2.39. The number of nitrogens with one attached hydrogen (secondary N) is 1. The van der Waals surface area contributed by atoms with E-state index in [1.807, 2.05) is 50.2 Å². The summed E-state index contributed by atoms with van der Waals surface area (Å²) >= 11 is 0. The van der Waals surface area contributed by atoms with E-state index >= 15 is 0 Å². The van der Waals surface area contributed by atoms with E-state index in [2.05, 4.69) is 32.3 Å². The van der Waals surface area contributed by atoms with Crippen LogP contribution in [0.1, 0.15) is 25.3 Å². The van der Waals surface area contributed by atoms with Crippen molar-refractivity contribution in [2.75, 3.05) is 0 Å². The van der Waals surface area contributed by atoms with Gasteiger partial charge in [-0.3, -0.25) is 15.1 Å². The van der Waals surface area contributed by atoms with Crippen molar-refractivity contribution in [1.82, 2.24) is 15.2 Å². The van der Waals surface area contributed by atoms with Crippen LogP contribution >= 0.6 is 0 Å². The summed E-state index contributed by atoms with van der Waals surface area (Å²) in [6.07, 6.45) is 1.73. The number of pyridine rings is 1. The number of hydrogen-bond donors (Lipinski definition) is 1. The molecule has 6 nitrogen and oxygen atoms in total. The Kier molecular flexibility index (Phi) is 4.02. The lowest BCUT2D eigenvalue weighted by atomic mass is 9.76. The molecule has 1 aromatic carbocycles. The van der Waals surface area contributed by atoms with E-state index < -0.39 is 5.92 Å². The predicted octanol–water partition coefficient (Wildman–Crippen LogP) is 4.12. The fraction of sp³-hybridized carbons (Fsp3) is 0.190. The standard InChI is InChI=1S/C21H16N6/c1-12-16(10-22)20(17(11-23)13(2)25-12)14-6-7-18-15(9-14)21(27-26-18)19-5-3-4-8-24-19/h3-9,16,20H,1-2H3,(H,26,27). The SMILES string of the molecule is CC1=NC(C)=C(C#N)C(c2ccc3[nH]nc(-c4ccccn4)c3c2)C1C#N. The first kappa shape index (κ1) is 16.7. The molecule has 2 atom stereocenters. The molecule has 1 aliphatic heterocycles. The Morgan fingerprint density at radius 3 is 2.67 bits per heavy atom. The summed E-state index contributed by atoms with van der Waals surface area (Å²) in [5.74, 6) is -0.806. The molecule has 1 aliphatic rings. The lowest BCUT2D eigenvalue weighted by Gasteiger charge is -2.26. The maximum Gasteiger partial charge on any atom is 0.118 e. The second-order valence-electron chi connectivity index (χ2n) is 6.54. The van der Waals surface area contributed by atoms with Crippen LogP contribution in [0.15, 0.2) is 58.9 Å². The summed E-state index contributed by atoms with van der Waals surface area (Å²) in [4.78, 5) is 8.79. The average molecular weight is 352 g/mol. The van der Waals surface area contributed by atoms with Crippen LogP contribution in [0.25, 0.3) is 22.3 Å². The van der Waals surface area contributed by atoms with Gasteiger partial charge in [0, 0.05) is 23.2 Å². The Morgan fingerprint density at radius 2 is 1.96 bits per heavy atom. The second kappa shape index (κ2) is 6.51. The summed E-state index contributed by atoms with van der Waals surface area (Å²) in [6.45, 7) is 3.66. The van der Waals surface area contributed by atoms with Gasteiger partial charge in [0.2, 0.25) is 0 Å². The van der Waals surface area contributed by atoms with Gasteiger partial charge < -0.3 is 0 Å². The van der Waals surface area contributed by atoms with Crippen molar-refractivity contribution in [1.29, 1.82) is 10.5 Å². The number of H-pyrrole nitrogens is 1. The summed E-state index contributed by atoms with van der Waals surface area (Å²) in [7, 11) is 0. The van der Waals surface area contributed by atoms with Crippen LogP contribution in [-0.2, 0) is 0 Å². The number of aromatic nitrogens is 3. The minimum atomic E-state index is -0.467. The molecule has 4 rings (SSSR count). The number of benzene rings is 1. The predicted molar refractivity (Wildman–Crippen MR) is 103 cm³/mol. The van der Waals surface area contributed by atoms with E-state index in [1.54, 1.807) is 6.20 Å². The smallest absolute Gasteiger partial charge is 0.118 e. The molecule has 27 heavy (non-hydrogen) atoms. The number of rotatable bonds is 2. The van der Waals surface area contributed by atoms with E-state index in [-0.39, 0.29) is 5.92 Å². The second-order valence-corrected chi connectivity index (χ2v) is 6.54. The zero-order chi connectivity index (χ0) is 19.0. The third-order valence-electron chi connectivity index (χ3n) is 4.94. The molecule has 0 aliphatic carbocycles. The average Bonchev–Trinajstić information content (AvgIpc) is 3.11. The van der Waals surface area contributed by atoms with Gasteiger partial charge in [-0.2, -0.15) is 15.6 Å². The molecule has 2 aromatic heterocycles. The maximum atomic E-state index is 9.71. The van der Waals surface area contributed by atoms with E-state index in [0.29, 0.717) is 11.3 Å². The summed E-state index contributed by atoms with van der Waals surface area (Å²) in [6, 6.07) is 16.1. The molecule has 0 fully saturated rings. The Labute approximate surface area is 156 Å². The lowest BCUT2D eigenvalue weighted by molar-refractivity contribution is 0.704. The van der Waals surface area contributed by atoms with Gasteiger partial charge in [-0.25, -0.2) is 0 Å². The highest BCUT2D eigenvalue weighted by molar-refractivity contribution is 5.94. The van der Waals surface area contributed by atoms with Gasteiger partial charge >= 0.3 is 0 Å². The van der Waals surface area contributed by atoms with Gasteiger partial charge in [0.1, 0.15) is 5.69 Å². The summed E-state index contributed by atoms with van der Waals surface area (Å²) in [5, 5.41) is 27.7. The molecule has 0 amide bonds. The highest BCUT2D eigenvalue weighted by Gasteiger charge is 2.34. The molecule has 3 aromatic rings. The normalized spacial score (nSPS) is 19.5. The molecular weight excluding hydrogens is 336 g/mol. The van der Waals surface area contributed by atoms with Crippen LogP contribution in [0.4, 0.5) is 0 Å². The Morgan fingerprint density at radius 1 is 1.11 bits per heavy atom. The van der Waals surface area contributed by atoms with Crippen LogP contribution in [0, 0.1) is 28.6 Å². The molecule has 0 bridgehead atoms. The number of fused-ring (bicyclic) bond motifs is 1. The first-order chi connectivity index (χ1) is 13.1. The summed E-state index contributed by atoms with van der Waals surface area (Å²) in [5.41, 5.74) is 5.24. The lowest BCUT2D eigenvalue weighted by Crippen LogP contribution is -2.24. The molecule has 0 spiro atoms. The first-order valence-corrected chi connectivity index (χ1v) is 8.59. The third kappa shape index (κ3) is 2.68. The van der Waals surface area contributed by atoms with Gasteiger partial charge in [0.15, 0.2) is 0 Å². The summed E-state index contributed by atoms with van der Waals surface area (Å²) < 4.78 is 0. The van der Waals surface area contributed by atoms with E-state index in [9.17, 15) is 10.5 Å². The van der Waals surface area contributed by atoms with Crippen molar-refractivity contribution < 1.29 is 0 Å². The van der Waals surface area contributed by atoms with Crippen LogP contribution in [-0.4, -0.2) is 20.9 Å². The van der Waals surface area contributed by atoms with Crippen molar-refractivity contribution in [2.24, 2.45) is 10.9 Å². The minimum Gasteiger partial charge on any atom is -0.277 e. The van der Waals surface area contributed by atoms with Crippen LogP contribution in [0.5, 0.6) is 0 Å². The number of aromatic amines is 1. The zero-order valence-corrected chi connectivity index (χ0v) is 14.9. The maximum absolute atomic E-state index is 9.71. The number of aliphatic imine (C=N–C) groups is 1. The molecular formula is C21H16N6. The number of nitriles is 2. The molecule has 1 N–H and O–H groups in total. The monoisotopic (exact) mass is 352 g/mol. The van der Waals surface area contributed by atoms with Crippen LogP contribution < -0.4 is 0 Å². The molecule has 130 valence electrons. The highest BCUT2D eigenvalue weighted by atomic mass is 15.1. The first-order valence-electron chi connectivity index (χ1n) is 8.59. The molecule has 3 heterocycles. The van der Waals surface area contributed by atoms with Gasteiger partial charge in [-0.15, -0.1) is 0 Å². The fourth-order valence-corrected chi connectivity index (χ4v) is 3.63. The van der Waals surface area contributed by atoms with Crippen molar-refractivity contribution in [3.63, 3.8) is 0 Å². The molecule has 0 radical (unpaired) electrons. The fourth-order valence-electron chi connectivity index (χ4n) is 3.63. The Balaban J connectivity index is 1.91. The van der Waals surface area contributed by atoms with E-state index in [4.69, 9.17) is 0 Å². The zero-order valence-electron chi connectivity index (χ0n) is 14.9. The number of nitrogens with zero attached hydrogens (tertiary/aromatic N) is 5. The van der Waals surface area contributed by atoms with E-state index in [0.717, 1.165) is 33.6 Å². The van der Waals surface area contributed by atoms with Gasteiger partial charge in [0.25, 0.3) is 0 Å². The third-order valence-corrected chi connectivity index (χ3v) is 4.94. The van der Waals surface area contributed by atoms with Crippen molar-refractivity contribution in [3.8, 4) is 23.5 Å². The largest absolute Gasteiger partial charge is 0.277 e. The molecule has 0 saturated carbocycles. The quantitative estimate of drug-likeness (QED) is 0.749. The molecule has 0 saturated heterocycles. The van der Waals surface area contributed by atoms with Gasteiger partial charge in [0.05, 0.1) is 40.5 Å². The van der Waals surface area contributed by atoms with Gasteiger partial charge in [-0.1, -0.05) is 12.1 Å². The molecule has 2 unspecified atom stereocenters. The van der Waals surface area contributed by atoms with Crippen molar-refractivity contribution >= 4 is 16.6 Å². The number of allylic oxidation sites excluding steroid dienone is 2. The van der Waals surface area contributed by atoms with Crippen LogP contribution in [0.2, 0.25) is 0 Å². The van der Waals surface area contributed by atoms with Gasteiger partial charge in [-0.05, 0) is 43.7 Å². The Bertz CT molecular complexity index is 1170. The molecule has 6 heteroatoms. The Hall–Kier alpha value is -3.77. The minimum absolute atomic E-state index is 0.339. The van der Waals surface area contributed by atoms with Crippen molar-refractivity contribution in [2.45, 2.75) is 19.8 Å². The van der Waals surface area contributed by atoms with E-state index in [1.165, 1.54) is 0 Å².